The van der Waals surface area contributed by atoms with Gasteiger partial charge in [0.1, 0.15) is 0 Å². The molecule has 0 N–H and O–H groups in total. The molecule has 0 aliphatic heterocycles. The zero-order valence-corrected chi connectivity index (χ0v) is 40.6. The summed E-state index contributed by atoms with van der Waals surface area (Å²) in [4.78, 5) is 25.9. The van der Waals surface area contributed by atoms with Gasteiger partial charge in [-0.1, -0.05) is 212 Å². The van der Waals surface area contributed by atoms with Crippen LogP contribution in [0.15, 0.2) is 255 Å². The highest BCUT2D eigenvalue weighted by atomic mass is 15.0. The summed E-state index contributed by atoms with van der Waals surface area (Å²) in [6.45, 7) is 0. The molecule has 0 saturated heterocycles. The van der Waals surface area contributed by atoms with E-state index in [4.69, 9.17) is 24.9 Å². The molecule has 0 radical (unpaired) electrons. The van der Waals surface area contributed by atoms with Crippen molar-refractivity contribution in [3.63, 3.8) is 0 Å². The Bertz CT molecular complexity index is 4300. The third kappa shape index (κ3) is 7.13. The topological polar surface area (TPSA) is 69.4 Å². The van der Waals surface area contributed by atoms with E-state index < -0.39 is 0 Å². The van der Waals surface area contributed by atoms with Crippen molar-refractivity contribution in [3.05, 3.63) is 288 Å². The smallest absolute Gasteiger partial charge is 0.164 e. The third-order valence-electron chi connectivity index (χ3n) is 15.2. The molecule has 0 spiro atoms. The summed E-state index contributed by atoms with van der Waals surface area (Å²) < 4.78 is 2.40. The first-order chi connectivity index (χ1) is 37.2. The molecule has 75 heavy (non-hydrogen) atoms. The second-order valence-corrected chi connectivity index (χ2v) is 19.5. The normalized spacial score (nSPS) is 14.1. The van der Waals surface area contributed by atoms with Gasteiger partial charge >= 0.3 is 0 Å². The van der Waals surface area contributed by atoms with Crippen molar-refractivity contribution < 1.29 is 0 Å². The standard InChI is InChI=1S/C69H44N6/c1-5-19-43(20-6-1)66-70-60(47-26-17-25-46(39-47)51-32-18-33-57-52-29-15-16-34-62(52)75(65(51)57)50-27-11-4-12-28-50)42-61(71-66)48-35-37-55-58(40-48)63-53-30-13-14-31-54(53)64(55)59-41-49(36-38-56(59)63)69-73-67(44-21-7-2-8-22-44)72-68(74-69)45-23-9-3-10-24-45/h1-42,63-64H. The number of hydrogen-bond donors (Lipinski definition) is 0. The van der Waals surface area contributed by atoms with Crippen molar-refractivity contribution in [2.45, 2.75) is 11.8 Å². The summed E-state index contributed by atoms with van der Waals surface area (Å²) in [5, 5.41) is 2.45. The number of rotatable bonds is 8. The molecule has 350 valence electrons. The Balaban J connectivity index is 0.850. The molecule has 0 amide bonds. The lowest BCUT2D eigenvalue weighted by molar-refractivity contribution is 0.754. The molecule has 3 aliphatic rings. The molecule has 2 bridgehead atoms. The third-order valence-corrected chi connectivity index (χ3v) is 15.2. The first-order valence-corrected chi connectivity index (χ1v) is 25.6. The van der Waals surface area contributed by atoms with Crippen LogP contribution in [0.5, 0.6) is 0 Å². The van der Waals surface area contributed by atoms with Gasteiger partial charge in [0, 0.05) is 67.2 Å². The number of hydrogen-bond acceptors (Lipinski definition) is 5. The maximum Gasteiger partial charge on any atom is 0.164 e. The molecule has 3 heterocycles. The van der Waals surface area contributed by atoms with Gasteiger partial charge in [0.2, 0.25) is 0 Å². The van der Waals surface area contributed by atoms with E-state index in [1.165, 1.54) is 55.2 Å². The summed E-state index contributed by atoms with van der Waals surface area (Å²) >= 11 is 0. The molecule has 16 rings (SSSR count). The van der Waals surface area contributed by atoms with Gasteiger partial charge in [-0.15, -0.1) is 0 Å². The fourth-order valence-corrected chi connectivity index (χ4v) is 11.9. The van der Waals surface area contributed by atoms with Crippen LogP contribution in [0.25, 0.3) is 107 Å². The first kappa shape index (κ1) is 42.7. The molecule has 10 aromatic carbocycles. The van der Waals surface area contributed by atoms with Gasteiger partial charge in [-0.05, 0) is 81.4 Å². The van der Waals surface area contributed by atoms with Gasteiger partial charge in [0.15, 0.2) is 23.3 Å². The molecule has 2 unspecified atom stereocenters. The molecular weight excluding hydrogens is 913 g/mol. The molecule has 6 heteroatoms. The Morgan fingerprint density at radius 3 is 1.31 bits per heavy atom. The van der Waals surface area contributed by atoms with Gasteiger partial charge in [0.25, 0.3) is 0 Å². The van der Waals surface area contributed by atoms with Gasteiger partial charge in [-0.3, -0.25) is 0 Å². The minimum Gasteiger partial charge on any atom is -0.309 e. The molecule has 0 fully saturated rings. The predicted molar refractivity (Wildman–Crippen MR) is 303 cm³/mol. The number of para-hydroxylation sites is 3. The van der Waals surface area contributed by atoms with E-state index in [-0.39, 0.29) is 11.8 Å². The highest BCUT2D eigenvalue weighted by molar-refractivity contribution is 6.14. The van der Waals surface area contributed by atoms with Crippen LogP contribution in [-0.4, -0.2) is 29.5 Å². The summed E-state index contributed by atoms with van der Waals surface area (Å²) in [6.07, 6.45) is 0. The molecule has 0 saturated carbocycles. The number of nitrogens with zero attached hydrogens (tertiary/aromatic N) is 6. The van der Waals surface area contributed by atoms with Crippen molar-refractivity contribution >= 4 is 21.8 Å². The zero-order valence-electron chi connectivity index (χ0n) is 40.6. The fraction of sp³-hybridized carbons (Fsp3) is 0.0290. The molecule has 13 aromatic rings. The summed E-state index contributed by atoms with van der Waals surface area (Å²) in [7, 11) is 0. The van der Waals surface area contributed by atoms with Crippen LogP contribution >= 0.6 is 0 Å². The van der Waals surface area contributed by atoms with Crippen LogP contribution in [0.4, 0.5) is 0 Å². The lowest BCUT2D eigenvalue weighted by Crippen LogP contribution is -2.27. The van der Waals surface area contributed by atoms with Crippen LogP contribution in [0.3, 0.4) is 0 Å². The Labute approximate surface area is 434 Å². The number of benzene rings is 10. The SMILES string of the molecule is c1ccc(-c2nc(-c3cccc(-c4cccc5c6ccccc6n(-c6ccccc6)c45)c3)cc(-c3ccc4c(c3)C3c5ccccc5C4c4cc(-c5nc(-c6ccccc6)nc(-c6ccccc6)n5)ccc43)n2)cc1. The van der Waals surface area contributed by atoms with E-state index in [1.807, 2.05) is 42.5 Å². The Morgan fingerprint density at radius 1 is 0.267 bits per heavy atom. The summed E-state index contributed by atoms with van der Waals surface area (Å²) in [6, 6.07) is 90.6. The quantitative estimate of drug-likeness (QED) is 0.152. The molecule has 2 atom stereocenters. The maximum atomic E-state index is 5.36. The monoisotopic (exact) mass is 956 g/mol. The summed E-state index contributed by atoms with van der Waals surface area (Å²) in [5.41, 5.74) is 21.3. The van der Waals surface area contributed by atoms with E-state index in [2.05, 4.69) is 217 Å². The predicted octanol–water partition coefficient (Wildman–Crippen LogP) is 16.4. The van der Waals surface area contributed by atoms with E-state index in [0.717, 1.165) is 61.6 Å². The Kier molecular flexibility index (Phi) is 9.91. The Hall–Kier alpha value is -9.91. The van der Waals surface area contributed by atoms with Crippen LogP contribution in [0.2, 0.25) is 0 Å². The largest absolute Gasteiger partial charge is 0.309 e. The van der Waals surface area contributed by atoms with Gasteiger partial charge in [-0.2, -0.15) is 0 Å². The molecule has 3 aliphatic carbocycles. The van der Waals surface area contributed by atoms with E-state index in [0.29, 0.717) is 23.3 Å². The lowest BCUT2D eigenvalue weighted by atomic mass is 9.60. The Morgan fingerprint density at radius 2 is 0.693 bits per heavy atom. The van der Waals surface area contributed by atoms with Gasteiger partial charge in [0.05, 0.1) is 22.4 Å². The van der Waals surface area contributed by atoms with Crippen molar-refractivity contribution in [3.8, 4) is 84.9 Å². The lowest BCUT2D eigenvalue weighted by Gasteiger charge is -2.42. The van der Waals surface area contributed by atoms with Crippen LogP contribution in [0.1, 0.15) is 45.2 Å². The number of fused-ring (bicyclic) bond motifs is 3. The van der Waals surface area contributed by atoms with Crippen molar-refractivity contribution in [1.29, 1.82) is 0 Å². The highest BCUT2D eigenvalue weighted by Crippen LogP contribution is 2.57. The average Bonchev–Trinajstić information content (AvgIpc) is 3.86. The summed E-state index contributed by atoms with van der Waals surface area (Å²) in [5.74, 6) is 2.71. The van der Waals surface area contributed by atoms with Gasteiger partial charge in [-0.25, -0.2) is 24.9 Å². The second-order valence-electron chi connectivity index (χ2n) is 19.5. The van der Waals surface area contributed by atoms with Crippen molar-refractivity contribution in [2.24, 2.45) is 0 Å². The molecular formula is C69H44N6. The van der Waals surface area contributed by atoms with E-state index >= 15 is 0 Å². The second kappa shape index (κ2) is 17.4. The first-order valence-electron chi connectivity index (χ1n) is 25.6. The maximum absolute atomic E-state index is 5.36. The minimum absolute atomic E-state index is 0.0304. The van der Waals surface area contributed by atoms with E-state index in [9.17, 15) is 0 Å². The average molecular weight is 957 g/mol. The van der Waals surface area contributed by atoms with Crippen LogP contribution in [-0.2, 0) is 0 Å². The van der Waals surface area contributed by atoms with Crippen molar-refractivity contribution in [1.82, 2.24) is 29.5 Å². The molecule has 6 nitrogen and oxygen atoms in total. The van der Waals surface area contributed by atoms with Crippen molar-refractivity contribution in [2.75, 3.05) is 0 Å². The van der Waals surface area contributed by atoms with Gasteiger partial charge < -0.3 is 4.57 Å². The van der Waals surface area contributed by atoms with Crippen LogP contribution in [0, 0.1) is 0 Å². The zero-order chi connectivity index (χ0) is 49.4. The van der Waals surface area contributed by atoms with Crippen LogP contribution < -0.4 is 0 Å². The highest BCUT2D eigenvalue weighted by Gasteiger charge is 2.41. The molecule has 3 aromatic heterocycles. The minimum atomic E-state index is 0.0304. The fourth-order valence-electron chi connectivity index (χ4n) is 11.9. The number of aromatic nitrogens is 6. The van der Waals surface area contributed by atoms with E-state index in [1.54, 1.807) is 0 Å².